The van der Waals surface area contributed by atoms with Gasteiger partial charge in [-0.15, -0.1) is 0 Å². The smallest absolute Gasteiger partial charge is 0.407 e. The number of unbranched alkanes of at least 4 members (excludes halogenated alkanes) is 1. The van der Waals surface area contributed by atoms with E-state index in [1.807, 2.05) is 16.7 Å². The van der Waals surface area contributed by atoms with Crippen LogP contribution in [0.4, 0.5) is 16.6 Å². The van der Waals surface area contributed by atoms with Crippen LogP contribution < -0.4 is 16.0 Å². The highest BCUT2D eigenvalue weighted by Crippen LogP contribution is 2.25. The Morgan fingerprint density at radius 3 is 2.78 bits per heavy atom. The predicted molar refractivity (Wildman–Crippen MR) is 142 cm³/mol. The predicted octanol–water partition coefficient (Wildman–Crippen LogP) is 4.59. The van der Waals surface area contributed by atoms with Gasteiger partial charge in [0.05, 0.1) is 24.0 Å². The number of halogens is 1. The van der Waals surface area contributed by atoms with E-state index in [1.54, 1.807) is 13.4 Å². The molecule has 0 saturated heterocycles. The molecule has 1 aromatic carbocycles. The SMILES string of the molecule is CCNc1nc2ccc(CNC(=O)OCCCCn3cnc4c(NC)nc(Cl)nc43)cc2n1C(C)C. The molecule has 11 nitrogen and oxygen atoms in total. The molecule has 0 atom stereocenters. The Bertz CT molecular complexity index is 1350. The van der Waals surface area contributed by atoms with E-state index in [1.165, 1.54) is 0 Å². The standard InChI is InChI=1S/C24H32ClN9O2/c1-5-27-23-30-17-9-8-16(12-18(17)34(23)15(2)3)13-28-24(35)36-11-7-6-10-33-14-29-19-20(26-4)31-22(25)32-21(19)33/h8-9,12,14-15H,5-7,10-11,13H2,1-4H3,(H,27,30)(H,28,35)(H,26,31,32). The van der Waals surface area contributed by atoms with Gasteiger partial charge in [-0.1, -0.05) is 6.07 Å². The Hall–Kier alpha value is -3.60. The van der Waals surface area contributed by atoms with Crippen LogP contribution in [0.5, 0.6) is 0 Å². The van der Waals surface area contributed by atoms with Gasteiger partial charge in [0.2, 0.25) is 11.2 Å². The third kappa shape index (κ3) is 5.62. The Kier molecular flexibility index (Phi) is 8.09. The minimum absolute atomic E-state index is 0.166. The van der Waals surface area contributed by atoms with Gasteiger partial charge in [-0.25, -0.2) is 14.8 Å². The zero-order valence-corrected chi connectivity index (χ0v) is 21.8. The van der Waals surface area contributed by atoms with Crippen LogP contribution in [-0.4, -0.2) is 55.4 Å². The average molecular weight is 514 g/mol. The van der Waals surface area contributed by atoms with E-state index >= 15 is 0 Å². The fourth-order valence-corrected chi connectivity index (χ4v) is 4.25. The summed E-state index contributed by atoms with van der Waals surface area (Å²) in [4.78, 5) is 29.7. The normalized spacial score (nSPS) is 11.4. The number of carbonyl (C=O) groups excluding carboxylic acids is 1. The number of carbonyl (C=O) groups is 1. The first kappa shape index (κ1) is 25.5. The fourth-order valence-electron chi connectivity index (χ4n) is 4.08. The summed E-state index contributed by atoms with van der Waals surface area (Å²) < 4.78 is 9.44. The quantitative estimate of drug-likeness (QED) is 0.196. The molecule has 0 radical (unpaired) electrons. The number of anilines is 2. The van der Waals surface area contributed by atoms with Crippen molar-refractivity contribution in [1.29, 1.82) is 0 Å². The van der Waals surface area contributed by atoms with E-state index in [9.17, 15) is 4.79 Å². The molecular formula is C24H32ClN9O2. The number of imidazole rings is 2. The third-order valence-electron chi connectivity index (χ3n) is 5.74. The molecule has 3 N–H and O–H groups in total. The van der Waals surface area contributed by atoms with Crippen LogP contribution >= 0.6 is 11.6 Å². The summed E-state index contributed by atoms with van der Waals surface area (Å²) in [6.45, 7) is 8.48. The lowest BCUT2D eigenvalue weighted by Gasteiger charge is -2.13. The Balaban J connectivity index is 1.25. The van der Waals surface area contributed by atoms with Crippen LogP contribution in [0.25, 0.3) is 22.2 Å². The summed E-state index contributed by atoms with van der Waals surface area (Å²) in [5.74, 6) is 1.45. The second-order valence-corrected chi connectivity index (χ2v) is 8.99. The van der Waals surface area contributed by atoms with Crippen LogP contribution in [-0.2, 0) is 17.8 Å². The number of rotatable bonds is 11. The van der Waals surface area contributed by atoms with Gasteiger partial charge in [-0.05, 0) is 62.9 Å². The Morgan fingerprint density at radius 2 is 2.03 bits per heavy atom. The maximum Gasteiger partial charge on any atom is 0.407 e. The van der Waals surface area contributed by atoms with Crippen LogP contribution in [0.2, 0.25) is 5.28 Å². The molecule has 4 aromatic rings. The van der Waals surface area contributed by atoms with Crippen molar-refractivity contribution in [2.75, 3.05) is 30.8 Å². The number of hydrogen-bond donors (Lipinski definition) is 3. The zero-order chi connectivity index (χ0) is 25.7. The maximum atomic E-state index is 12.2. The second kappa shape index (κ2) is 11.4. The number of aromatic nitrogens is 6. The molecule has 0 fully saturated rings. The van der Waals surface area contributed by atoms with Crippen molar-refractivity contribution in [3.05, 3.63) is 35.4 Å². The summed E-state index contributed by atoms with van der Waals surface area (Å²) in [5, 5.41) is 9.29. The van der Waals surface area contributed by atoms with E-state index in [0.717, 1.165) is 35.5 Å². The maximum absolute atomic E-state index is 12.2. The van der Waals surface area contributed by atoms with Gasteiger partial charge >= 0.3 is 6.09 Å². The van der Waals surface area contributed by atoms with Gasteiger partial charge < -0.3 is 29.8 Å². The summed E-state index contributed by atoms with van der Waals surface area (Å²) in [6, 6.07) is 6.27. The van der Waals surface area contributed by atoms with Crippen LogP contribution in [0, 0.1) is 0 Å². The third-order valence-corrected chi connectivity index (χ3v) is 5.91. The molecule has 0 aliphatic carbocycles. The summed E-state index contributed by atoms with van der Waals surface area (Å²) in [5.41, 5.74) is 4.29. The summed E-state index contributed by atoms with van der Waals surface area (Å²) in [6.07, 6.45) is 2.77. The summed E-state index contributed by atoms with van der Waals surface area (Å²) >= 11 is 6.01. The lowest BCUT2D eigenvalue weighted by Crippen LogP contribution is -2.24. The van der Waals surface area contributed by atoms with Crippen molar-refractivity contribution in [3.63, 3.8) is 0 Å². The molecule has 0 unspecified atom stereocenters. The van der Waals surface area contributed by atoms with Crippen molar-refractivity contribution in [2.45, 2.75) is 52.7 Å². The van der Waals surface area contributed by atoms with E-state index in [2.05, 4.69) is 67.3 Å². The van der Waals surface area contributed by atoms with E-state index in [-0.39, 0.29) is 11.3 Å². The minimum Gasteiger partial charge on any atom is -0.450 e. The molecule has 0 aliphatic heterocycles. The number of hydrogen-bond acceptors (Lipinski definition) is 8. The van der Waals surface area contributed by atoms with Gasteiger partial charge in [0.1, 0.15) is 0 Å². The molecule has 0 aliphatic rings. The number of benzene rings is 1. The van der Waals surface area contributed by atoms with Crippen molar-refractivity contribution < 1.29 is 9.53 Å². The lowest BCUT2D eigenvalue weighted by molar-refractivity contribution is 0.143. The molecule has 3 aromatic heterocycles. The number of ether oxygens (including phenoxy) is 1. The van der Waals surface area contributed by atoms with Gasteiger partial charge in [-0.2, -0.15) is 9.97 Å². The Morgan fingerprint density at radius 1 is 1.19 bits per heavy atom. The molecule has 192 valence electrons. The number of amides is 1. The summed E-state index contributed by atoms with van der Waals surface area (Å²) in [7, 11) is 1.76. The number of alkyl carbamates (subject to hydrolysis) is 1. The first-order valence-electron chi connectivity index (χ1n) is 12.1. The highest BCUT2D eigenvalue weighted by molar-refractivity contribution is 6.28. The number of nitrogens with one attached hydrogen (secondary N) is 3. The first-order chi connectivity index (χ1) is 17.4. The molecular weight excluding hydrogens is 482 g/mol. The highest BCUT2D eigenvalue weighted by atomic mass is 35.5. The van der Waals surface area contributed by atoms with Crippen LogP contribution in [0.3, 0.4) is 0 Å². The van der Waals surface area contributed by atoms with Crippen molar-refractivity contribution in [1.82, 2.24) is 34.4 Å². The van der Waals surface area contributed by atoms with Crippen molar-refractivity contribution in [3.8, 4) is 0 Å². The molecule has 36 heavy (non-hydrogen) atoms. The van der Waals surface area contributed by atoms with Crippen molar-refractivity contribution >= 4 is 51.7 Å². The van der Waals surface area contributed by atoms with Gasteiger partial charge in [-0.3, -0.25) is 0 Å². The van der Waals surface area contributed by atoms with Crippen LogP contribution in [0.1, 0.15) is 45.2 Å². The monoisotopic (exact) mass is 513 g/mol. The Labute approximate surface area is 214 Å². The van der Waals surface area contributed by atoms with Crippen molar-refractivity contribution in [2.24, 2.45) is 0 Å². The number of fused-ring (bicyclic) bond motifs is 2. The molecule has 3 heterocycles. The van der Waals surface area contributed by atoms with E-state index in [0.29, 0.717) is 43.1 Å². The molecule has 0 bridgehead atoms. The molecule has 4 rings (SSSR count). The molecule has 12 heteroatoms. The fraction of sp³-hybridized carbons (Fsp3) is 0.458. The van der Waals surface area contributed by atoms with Gasteiger partial charge in [0.25, 0.3) is 0 Å². The molecule has 1 amide bonds. The lowest BCUT2D eigenvalue weighted by atomic mass is 10.2. The largest absolute Gasteiger partial charge is 0.450 e. The average Bonchev–Trinajstić information content (AvgIpc) is 3.42. The zero-order valence-electron chi connectivity index (χ0n) is 21.0. The number of aryl methyl sites for hydroxylation is 1. The minimum atomic E-state index is -0.438. The van der Waals surface area contributed by atoms with Gasteiger partial charge in [0, 0.05) is 32.7 Å². The van der Waals surface area contributed by atoms with Gasteiger partial charge in [0.15, 0.2) is 17.0 Å². The second-order valence-electron chi connectivity index (χ2n) is 8.65. The molecule has 0 saturated carbocycles. The highest BCUT2D eigenvalue weighted by Gasteiger charge is 2.14. The number of nitrogens with zero attached hydrogens (tertiary/aromatic N) is 6. The molecule has 0 spiro atoms. The first-order valence-corrected chi connectivity index (χ1v) is 12.5. The van der Waals surface area contributed by atoms with E-state index < -0.39 is 6.09 Å². The topological polar surface area (TPSA) is 124 Å². The van der Waals surface area contributed by atoms with Crippen LogP contribution in [0.15, 0.2) is 24.5 Å². The van der Waals surface area contributed by atoms with E-state index in [4.69, 9.17) is 16.3 Å².